The first kappa shape index (κ1) is 62.8. The minimum absolute atomic E-state index is 0.255. The van der Waals surface area contributed by atoms with E-state index in [1.54, 1.807) is 0 Å². The topological polar surface area (TPSA) is 212 Å². The summed E-state index contributed by atoms with van der Waals surface area (Å²) in [5, 5.41) is 55.6. The number of aliphatic hydroxyl groups excluding tert-OH is 5. The number of unbranched alkanes of at least 4 members (excludes halogenated alkanes) is 32. The van der Waals surface area contributed by atoms with Crippen LogP contribution in [0.3, 0.4) is 0 Å². The van der Waals surface area contributed by atoms with Crippen molar-refractivity contribution in [3.05, 3.63) is 12.2 Å². The number of rotatable bonds is 47. The molecule has 0 radical (unpaired) electrons. The van der Waals surface area contributed by atoms with Gasteiger partial charge in [0.25, 0.3) is 0 Å². The first-order valence-corrected chi connectivity index (χ1v) is 28.5. The standard InChI is InChI=1S/C52H101NO12S/c1-3-5-7-9-11-13-15-17-19-21-23-25-27-29-31-33-35-37-39-41-46(56)51(59)53-44(43-63-52-49(58)50(65-66(60,61)62)48(57)47(42-54)64-52)45(55)40-38-36-34-32-30-28-26-24-22-20-18-16-14-12-10-8-6-4-2/h23,25,44-50,52,54-58H,3-22,24,26-43H2,1-2H3,(H,53,59)(H,60,61,62)/b25-23-. The Labute approximate surface area is 403 Å². The molecule has 1 saturated heterocycles. The van der Waals surface area contributed by atoms with Crippen LogP contribution in [0.15, 0.2) is 12.2 Å². The lowest BCUT2D eigenvalue weighted by atomic mass is 9.99. The summed E-state index contributed by atoms with van der Waals surface area (Å²) in [5.41, 5.74) is 0. The van der Waals surface area contributed by atoms with E-state index >= 15 is 0 Å². The highest BCUT2D eigenvalue weighted by molar-refractivity contribution is 7.80. The van der Waals surface area contributed by atoms with E-state index in [0.717, 1.165) is 57.8 Å². The van der Waals surface area contributed by atoms with Crippen LogP contribution in [-0.4, -0.2) is 107 Å². The smallest absolute Gasteiger partial charge is 0.394 e. The third-order valence-corrected chi connectivity index (χ3v) is 13.6. The molecule has 8 atom stereocenters. The molecular formula is C52H101NO12S. The van der Waals surface area contributed by atoms with Crippen molar-refractivity contribution in [2.75, 3.05) is 13.2 Å². The van der Waals surface area contributed by atoms with Gasteiger partial charge in [-0.25, -0.2) is 4.18 Å². The molecule has 0 saturated carbocycles. The number of hydrogen-bond acceptors (Lipinski definition) is 11. The molecule has 0 spiro atoms. The van der Waals surface area contributed by atoms with Gasteiger partial charge in [-0.1, -0.05) is 225 Å². The van der Waals surface area contributed by atoms with Crippen molar-refractivity contribution in [2.45, 2.75) is 300 Å². The van der Waals surface area contributed by atoms with Gasteiger partial charge in [0.05, 0.1) is 25.4 Å². The number of amides is 1. The van der Waals surface area contributed by atoms with Gasteiger partial charge in [0.1, 0.15) is 30.5 Å². The maximum atomic E-state index is 13.2. The van der Waals surface area contributed by atoms with Gasteiger partial charge < -0.3 is 40.3 Å². The zero-order chi connectivity index (χ0) is 48.5. The lowest BCUT2D eigenvalue weighted by Crippen LogP contribution is -2.61. The van der Waals surface area contributed by atoms with E-state index < -0.39 is 78.5 Å². The molecular weight excluding hydrogens is 863 g/mol. The number of hydrogen-bond donors (Lipinski definition) is 7. The van der Waals surface area contributed by atoms with Crippen molar-refractivity contribution in [3.63, 3.8) is 0 Å². The highest BCUT2D eigenvalue weighted by Gasteiger charge is 2.48. The highest BCUT2D eigenvalue weighted by Crippen LogP contribution is 2.26. The molecule has 0 aliphatic carbocycles. The number of nitrogens with one attached hydrogen (secondary N) is 1. The normalized spacial score (nSPS) is 20.5. The minimum atomic E-state index is -5.11. The van der Waals surface area contributed by atoms with E-state index in [1.165, 1.54) is 154 Å². The molecule has 13 nitrogen and oxygen atoms in total. The summed E-state index contributed by atoms with van der Waals surface area (Å²) in [6, 6.07) is -1.03. The van der Waals surface area contributed by atoms with Crippen molar-refractivity contribution in [2.24, 2.45) is 0 Å². The second-order valence-electron chi connectivity index (χ2n) is 19.3. The Morgan fingerprint density at radius 1 is 0.591 bits per heavy atom. The van der Waals surface area contributed by atoms with Crippen molar-refractivity contribution in [1.82, 2.24) is 5.32 Å². The van der Waals surface area contributed by atoms with Crippen molar-refractivity contribution in [1.29, 1.82) is 0 Å². The molecule has 1 heterocycles. The zero-order valence-corrected chi connectivity index (χ0v) is 42.7. The number of carbonyl (C=O) groups is 1. The van der Waals surface area contributed by atoms with Crippen LogP contribution < -0.4 is 5.32 Å². The predicted molar refractivity (Wildman–Crippen MR) is 265 cm³/mol. The minimum Gasteiger partial charge on any atom is -0.394 e. The first-order chi connectivity index (χ1) is 31.9. The quantitative estimate of drug-likeness (QED) is 0.0172. The fourth-order valence-corrected chi connectivity index (χ4v) is 9.38. The molecule has 66 heavy (non-hydrogen) atoms. The lowest BCUT2D eigenvalue weighted by molar-refractivity contribution is -0.298. The van der Waals surface area contributed by atoms with Gasteiger partial charge in [0.2, 0.25) is 5.91 Å². The monoisotopic (exact) mass is 964 g/mol. The Hall–Kier alpha value is -1.20. The van der Waals surface area contributed by atoms with Crippen molar-refractivity contribution >= 4 is 16.3 Å². The van der Waals surface area contributed by atoms with E-state index in [1.807, 2.05) is 0 Å². The number of carbonyl (C=O) groups excluding carboxylic acids is 1. The molecule has 0 aromatic heterocycles. The molecule has 8 unspecified atom stereocenters. The van der Waals surface area contributed by atoms with Gasteiger partial charge in [0, 0.05) is 0 Å². The second-order valence-corrected chi connectivity index (χ2v) is 20.4. The van der Waals surface area contributed by atoms with Gasteiger partial charge in [-0.05, 0) is 38.5 Å². The average Bonchev–Trinajstić information content (AvgIpc) is 3.29. The summed E-state index contributed by atoms with van der Waals surface area (Å²) < 4.78 is 47.8. The Bertz CT molecular complexity index is 1240. The lowest BCUT2D eigenvalue weighted by Gasteiger charge is -2.41. The van der Waals surface area contributed by atoms with Crippen LogP contribution in [0.4, 0.5) is 0 Å². The van der Waals surface area contributed by atoms with E-state index in [2.05, 4.69) is 35.5 Å². The van der Waals surface area contributed by atoms with E-state index in [4.69, 9.17) is 9.47 Å². The first-order valence-electron chi connectivity index (χ1n) is 27.2. The third-order valence-electron chi connectivity index (χ3n) is 13.2. The number of allylic oxidation sites excluding steroid dienone is 2. The van der Waals surface area contributed by atoms with E-state index in [0.29, 0.717) is 19.3 Å². The number of aliphatic hydroxyl groups is 5. The molecule has 7 N–H and O–H groups in total. The van der Waals surface area contributed by atoms with Gasteiger partial charge in [-0.2, -0.15) is 8.42 Å². The van der Waals surface area contributed by atoms with Crippen molar-refractivity contribution in [3.8, 4) is 0 Å². The van der Waals surface area contributed by atoms with E-state index in [9.17, 15) is 43.3 Å². The zero-order valence-electron chi connectivity index (χ0n) is 41.9. The van der Waals surface area contributed by atoms with E-state index in [-0.39, 0.29) is 6.42 Å². The molecule has 1 aliphatic rings. The van der Waals surface area contributed by atoms with Gasteiger partial charge in [0.15, 0.2) is 6.29 Å². The number of ether oxygens (including phenoxy) is 2. The largest absolute Gasteiger partial charge is 0.397 e. The highest BCUT2D eigenvalue weighted by atomic mass is 32.3. The Kier molecular flexibility index (Phi) is 40.6. The second kappa shape index (κ2) is 42.7. The molecule has 0 aromatic carbocycles. The van der Waals surface area contributed by atoms with Crippen LogP contribution in [0.2, 0.25) is 0 Å². The third kappa shape index (κ3) is 34.2. The maximum Gasteiger partial charge on any atom is 0.397 e. The Balaban J connectivity index is 2.46. The molecule has 1 fully saturated rings. The van der Waals surface area contributed by atoms with Gasteiger partial charge in [-0.15, -0.1) is 0 Å². The van der Waals surface area contributed by atoms with Crippen LogP contribution in [0.1, 0.15) is 251 Å². The summed E-state index contributed by atoms with van der Waals surface area (Å²) in [6.07, 6.45) is 36.7. The average molecular weight is 964 g/mol. The summed E-state index contributed by atoms with van der Waals surface area (Å²) in [4.78, 5) is 13.2. The van der Waals surface area contributed by atoms with Gasteiger partial charge >= 0.3 is 10.4 Å². The Morgan fingerprint density at radius 2 is 0.970 bits per heavy atom. The maximum absolute atomic E-state index is 13.2. The van der Waals surface area contributed by atoms with Crippen LogP contribution in [0, 0.1) is 0 Å². The summed E-state index contributed by atoms with van der Waals surface area (Å²) in [7, 11) is -5.11. The molecule has 1 rings (SSSR count). The predicted octanol–water partition coefficient (Wildman–Crippen LogP) is 10.9. The van der Waals surface area contributed by atoms with Crippen LogP contribution in [-0.2, 0) is 28.9 Å². The Morgan fingerprint density at radius 3 is 1.36 bits per heavy atom. The van der Waals surface area contributed by atoms with Crippen LogP contribution in [0.25, 0.3) is 0 Å². The molecule has 0 aromatic rings. The molecule has 1 aliphatic heterocycles. The molecule has 1 amide bonds. The fraction of sp³-hybridized carbons (Fsp3) is 0.942. The molecule has 0 bridgehead atoms. The summed E-state index contributed by atoms with van der Waals surface area (Å²) in [6.45, 7) is 3.31. The summed E-state index contributed by atoms with van der Waals surface area (Å²) >= 11 is 0. The van der Waals surface area contributed by atoms with Crippen LogP contribution in [0.5, 0.6) is 0 Å². The van der Waals surface area contributed by atoms with Crippen LogP contribution >= 0.6 is 0 Å². The molecule has 14 heteroatoms. The fourth-order valence-electron chi connectivity index (χ4n) is 8.87. The SMILES string of the molecule is CCCCCCCCCCC/C=C\CCCCCCCCC(O)C(=O)NC(COC1OC(CO)C(O)C(OS(=O)(=O)O)C1O)C(O)CCCCCCCCCCCCCCCCCCCC. The summed E-state index contributed by atoms with van der Waals surface area (Å²) in [5.74, 6) is -0.670. The van der Waals surface area contributed by atoms with Crippen molar-refractivity contribution < 1.29 is 57.0 Å². The van der Waals surface area contributed by atoms with Gasteiger partial charge in [-0.3, -0.25) is 9.35 Å². The molecule has 392 valence electrons.